The van der Waals surface area contributed by atoms with Gasteiger partial charge >= 0.3 is 21.1 Å². The summed E-state index contributed by atoms with van der Waals surface area (Å²) in [4.78, 5) is 9.90. The minimum atomic E-state index is -0.476. The number of para-hydroxylation sites is 4. The van der Waals surface area contributed by atoms with E-state index in [9.17, 15) is 0 Å². The maximum atomic E-state index is 6.46. The van der Waals surface area contributed by atoms with Crippen LogP contribution in [0.4, 0.5) is 0 Å². The average Bonchev–Trinajstić information content (AvgIpc) is 4.29. The van der Waals surface area contributed by atoms with E-state index < -0.39 is 32.3 Å². The third kappa shape index (κ3) is 7.50. The van der Waals surface area contributed by atoms with Crippen molar-refractivity contribution in [1.29, 1.82) is 0 Å². The van der Waals surface area contributed by atoms with Crippen molar-refractivity contribution in [1.82, 2.24) is 18.8 Å². The van der Waals surface area contributed by atoms with E-state index in [1.54, 1.807) is 0 Å². The number of nitrogens with zero attached hydrogens (tertiary/aromatic N) is 4. The molecule has 0 radical (unpaired) electrons. The molecule has 6 aromatic heterocycles. The van der Waals surface area contributed by atoms with Crippen molar-refractivity contribution < 1.29 is 36.8 Å². The van der Waals surface area contributed by atoms with Gasteiger partial charge in [0.05, 0.1) is 55.7 Å². The van der Waals surface area contributed by atoms with E-state index in [0.717, 1.165) is 109 Å². The lowest BCUT2D eigenvalue weighted by atomic mass is 9.49. The Kier molecular flexibility index (Phi) is 11.0. The Hall–Kier alpha value is -6.23. The number of halogens is 1. The molecule has 3 aliphatic rings. The van der Waals surface area contributed by atoms with Crippen LogP contribution in [0.1, 0.15) is 83.1 Å². The Labute approximate surface area is 449 Å². The molecule has 16 heteroatoms. The summed E-state index contributed by atoms with van der Waals surface area (Å²) < 4.78 is 54.7. The van der Waals surface area contributed by atoms with Gasteiger partial charge in [-0.05, 0) is 143 Å². The molecule has 0 atom stereocenters. The largest absolute Gasteiger partial charge is 0.494 e. The fourth-order valence-corrected chi connectivity index (χ4v) is 11.1. The van der Waals surface area contributed by atoms with Crippen LogP contribution in [-0.2, 0) is 27.9 Å². The van der Waals surface area contributed by atoms with Gasteiger partial charge in [-0.1, -0.05) is 94.8 Å². The van der Waals surface area contributed by atoms with Gasteiger partial charge in [0.25, 0.3) is 0 Å². The van der Waals surface area contributed by atoms with Gasteiger partial charge in [0, 0.05) is 36.8 Å². The average molecular weight is 1080 g/mol. The molecule has 0 unspecified atom stereocenters. The molecule has 0 N–H and O–H groups in total. The van der Waals surface area contributed by atoms with E-state index in [1.165, 1.54) is 0 Å². The molecule has 0 bridgehead atoms. The van der Waals surface area contributed by atoms with Crippen LogP contribution in [0.25, 0.3) is 99.0 Å². The molecule has 12 nitrogen and oxygen atoms in total. The van der Waals surface area contributed by atoms with E-state index in [4.69, 9.17) is 46.7 Å². The van der Waals surface area contributed by atoms with E-state index >= 15 is 0 Å². The number of aromatic nitrogens is 4. The number of fused-ring (bicyclic) bond motifs is 20. The number of benzene rings is 6. The second-order valence-electron chi connectivity index (χ2n) is 23.4. The van der Waals surface area contributed by atoms with E-state index in [2.05, 4.69) is 125 Å². The van der Waals surface area contributed by atoms with E-state index in [-0.39, 0.29) is 22.4 Å². The molecule has 6 aromatic carbocycles. The first-order valence-corrected chi connectivity index (χ1v) is 26.8. The lowest BCUT2D eigenvalue weighted by Gasteiger charge is -2.32. The Morgan fingerprint density at radius 2 is 0.763 bits per heavy atom. The first-order chi connectivity index (χ1) is 36.0. The maximum absolute atomic E-state index is 6.46. The van der Waals surface area contributed by atoms with Crippen molar-refractivity contribution >= 4 is 142 Å². The van der Waals surface area contributed by atoms with Crippen molar-refractivity contribution in [2.75, 3.05) is 0 Å². The number of rotatable bonds is 2. The minimum absolute atomic E-state index is 0.360. The summed E-state index contributed by atoms with van der Waals surface area (Å²) in [5.74, 6) is 0. The van der Waals surface area contributed by atoms with Crippen LogP contribution in [0, 0.1) is 0 Å². The van der Waals surface area contributed by atoms with Crippen LogP contribution in [-0.4, -0.2) is 73.5 Å². The van der Waals surface area contributed by atoms with Gasteiger partial charge in [-0.25, -0.2) is 9.97 Å². The van der Waals surface area contributed by atoms with E-state index in [0.29, 0.717) is 0 Å². The first-order valence-electron chi connectivity index (χ1n) is 26.0. The molecule has 3 saturated heterocycles. The molecule has 3 aliphatic heterocycles. The third-order valence-corrected chi connectivity index (χ3v) is 17.5. The van der Waals surface area contributed by atoms with Crippen LogP contribution < -0.4 is 5.46 Å². The Balaban J connectivity index is 0.000000115. The highest BCUT2D eigenvalue weighted by Crippen LogP contribution is 2.45. The third-order valence-electron chi connectivity index (χ3n) is 17.0. The van der Waals surface area contributed by atoms with Crippen molar-refractivity contribution in [3.05, 3.63) is 138 Å². The maximum Gasteiger partial charge on any atom is 0.494 e. The fourth-order valence-electron chi connectivity index (χ4n) is 10.7. The highest BCUT2D eigenvalue weighted by molar-refractivity contribution is 9.10. The fraction of sp³-hybridized carbons (Fsp3) is 0.300. The lowest BCUT2D eigenvalue weighted by Crippen LogP contribution is -2.41. The lowest BCUT2D eigenvalue weighted by molar-refractivity contribution is 0.00578. The predicted molar refractivity (Wildman–Crippen MR) is 311 cm³/mol. The number of imidazole rings is 2. The molecule has 9 heterocycles. The van der Waals surface area contributed by atoms with Crippen molar-refractivity contribution in [2.24, 2.45) is 0 Å². The van der Waals surface area contributed by atoms with E-state index in [1.807, 2.05) is 116 Å². The van der Waals surface area contributed by atoms with Gasteiger partial charge in [-0.2, -0.15) is 0 Å². The van der Waals surface area contributed by atoms with Gasteiger partial charge in [-0.3, -0.25) is 8.80 Å². The summed E-state index contributed by atoms with van der Waals surface area (Å²) in [5.41, 5.74) is 10.3. The normalized spacial score (nSPS) is 19.4. The monoisotopic (exact) mass is 1070 g/mol. The molecule has 382 valence electrons. The number of pyridine rings is 2. The summed E-state index contributed by atoms with van der Waals surface area (Å²) in [7, 11) is -1.38. The summed E-state index contributed by atoms with van der Waals surface area (Å²) in [6, 6.07) is 45.5. The molecule has 12 aromatic rings. The summed E-state index contributed by atoms with van der Waals surface area (Å²) in [6.45, 7) is 24.5. The zero-order chi connectivity index (χ0) is 53.1. The molecule has 15 rings (SSSR count). The van der Waals surface area contributed by atoms with Crippen LogP contribution in [0.15, 0.2) is 147 Å². The minimum Gasteiger partial charge on any atom is -0.454 e. The van der Waals surface area contributed by atoms with Gasteiger partial charge in [0.2, 0.25) is 0 Å². The topological polar surface area (TPSA) is 116 Å². The van der Waals surface area contributed by atoms with Crippen LogP contribution >= 0.6 is 15.9 Å². The second kappa shape index (κ2) is 16.9. The van der Waals surface area contributed by atoms with Crippen molar-refractivity contribution in [2.45, 2.75) is 117 Å². The summed E-state index contributed by atoms with van der Waals surface area (Å²) in [5, 5.41) is 6.44. The van der Waals surface area contributed by atoms with Gasteiger partial charge < -0.3 is 36.8 Å². The van der Waals surface area contributed by atoms with Gasteiger partial charge in [-0.15, -0.1) is 0 Å². The first kappa shape index (κ1) is 49.4. The highest BCUT2D eigenvalue weighted by atomic mass is 79.9. The summed E-state index contributed by atoms with van der Waals surface area (Å²) >= 11 is 3.59. The number of hydrogen-bond acceptors (Lipinski definition) is 10. The van der Waals surface area contributed by atoms with Crippen LogP contribution in [0.5, 0.6) is 0 Å². The standard InChI is InChI=1S/C27H23BN2O3.C21H11BrN2O.C12H24B2O4/c1-26(2)27(3,4)33-28(32-26)16-13-14-22-19(15-16)23-24(31-22)17-9-5-6-10-18(17)25-29-20-11-7-8-12-21(20)30(23)25;22-12-9-10-18-15(11-12)19-20(25-18)13-5-1-2-6-14(13)21-23-16-7-3-4-8-17(16)24(19)21;1-9(2)10(3,4)16-13(15-9)14-17-11(5,6)12(7,8)18-14/h5-15H,1-4H3;1-11H;1-8H3. The Bertz CT molecular complexity index is 4260. The number of hydrogen-bond donors (Lipinski definition) is 0. The molecule has 0 spiro atoms. The highest BCUT2D eigenvalue weighted by Gasteiger charge is 2.64. The molecule has 0 amide bonds. The SMILES string of the molecule is Brc1ccc2oc3c4ccccc4c4nc5ccccc5n4c3c2c1.CC1(C)OB(B2OC(C)(C)C(C)(C)O2)OC1(C)C.CC1(C)OB(c2ccc3oc4c5ccccc5c5nc6ccccc6n5c4c3c2)OC1(C)C. The number of furan rings is 2. The zero-order valence-corrected chi connectivity index (χ0v) is 46.5. The zero-order valence-electron chi connectivity index (χ0n) is 44.9. The molecular weight excluding hydrogens is 1020 g/mol. The molecule has 3 fully saturated rings. The van der Waals surface area contributed by atoms with Crippen molar-refractivity contribution in [3.8, 4) is 0 Å². The van der Waals surface area contributed by atoms with Crippen LogP contribution in [0.2, 0.25) is 0 Å². The second-order valence-corrected chi connectivity index (χ2v) is 24.3. The smallest absolute Gasteiger partial charge is 0.454 e. The summed E-state index contributed by atoms with van der Waals surface area (Å²) in [6.07, 6.45) is 0. The Morgan fingerprint density at radius 1 is 0.395 bits per heavy atom. The quantitative estimate of drug-likeness (QED) is 0.155. The van der Waals surface area contributed by atoms with Crippen molar-refractivity contribution in [3.63, 3.8) is 0 Å². The predicted octanol–water partition coefficient (Wildman–Crippen LogP) is 14.4. The van der Waals surface area contributed by atoms with Gasteiger partial charge in [0.15, 0.2) is 11.2 Å². The Morgan fingerprint density at radius 3 is 1.21 bits per heavy atom. The molecule has 0 saturated carbocycles. The molecule has 76 heavy (non-hydrogen) atoms. The van der Waals surface area contributed by atoms with Crippen LogP contribution in [0.3, 0.4) is 0 Å². The van der Waals surface area contributed by atoms with Gasteiger partial charge in [0.1, 0.15) is 33.5 Å². The molecule has 0 aliphatic carbocycles. The molecular formula is C60H58B3BrN4O8.